The van der Waals surface area contributed by atoms with E-state index >= 15 is 0 Å². The average Bonchev–Trinajstić information content (AvgIpc) is 2.30. The minimum atomic E-state index is -1.23. The molecule has 0 amide bonds. The highest BCUT2D eigenvalue weighted by Gasteiger charge is 2.27. The lowest BCUT2D eigenvalue weighted by Gasteiger charge is -2.31. The van der Waals surface area contributed by atoms with Crippen molar-refractivity contribution in [2.75, 3.05) is 4.98 Å². The highest BCUT2D eigenvalue weighted by atomic mass is 28.3. The molecule has 1 rings (SSSR count). The van der Waals surface area contributed by atoms with Gasteiger partial charge in [-0.3, -0.25) is 0 Å². The van der Waals surface area contributed by atoms with Crippen LogP contribution in [0.4, 0.5) is 5.69 Å². The van der Waals surface area contributed by atoms with Crippen LogP contribution in [0.5, 0.6) is 0 Å². The molecule has 0 aliphatic carbocycles. The van der Waals surface area contributed by atoms with Crippen LogP contribution in [0.25, 0.3) is 0 Å². The fraction of sp³-hybridized carbons (Fsp3) is 0.538. The van der Waals surface area contributed by atoms with Crippen molar-refractivity contribution in [1.29, 1.82) is 0 Å². The highest BCUT2D eigenvalue weighted by molar-refractivity contribution is 6.82. The quantitative estimate of drug-likeness (QED) is 0.698. The van der Waals surface area contributed by atoms with Gasteiger partial charge in [-0.25, -0.2) is 0 Å². The minimum Gasteiger partial charge on any atom is -0.410 e. The van der Waals surface area contributed by atoms with Gasteiger partial charge in [0.05, 0.1) is 0 Å². The van der Waals surface area contributed by atoms with Crippen molar-refractivity contribution in [3.05, 3.63) is 30.3 Å². The molecule has 0 bridgehead atoms. The molecule has 1 N–H and O–H groups in total. The van der Waals surface area contributed by atoms with E-state index in [2.05, 4.69) is 56.1 Å². The van der Waals surface area contributed by atoms with Crippen LogP contribution in [0.3, 0.4) is 0 Å². The Morgan fingerprint density at radius 2 is 1.60 bits per heavy atom. The Balaban J connectivity index is 2.74. The van der Waals surface area contributed by atoms with Crippen LogP contribution < -0.4 is 4.98 Å². The van der Waals surface area contributed by atoms with Gasteiger partial charge >= 0.3 is 0 Å². The number of nitrogens with one attached hydrogen (secondary N) is 1. The maximum atomic E-state index is 3.83. The van der Waals surface area contributed by atoms with Gasteiger partial charge in [0.15, 0.2) is 8.24 Å². The van der Waals surface area contributed by atoms with E-state index in [0.717, 1.165) is 0 Å². The Bertz CT molecular complexity index is 267. The second kappa shape index (κ2) is 5.96. The number of hydrogen-bond acceptors (Lipinski definition) is 1. The maximum absolute atomic E-state index is 3.83. The lowest BCUT2D eigenvalue weighted by atomic mass is 10.3. The third-order valence-corrected chi connectivity index (χ3v) is 8.25. The number of benzene rings is 1. The molecule has 15 heavy (non-hydrogen) atoms. The molecule has 84 valence electrons. The molecular formula is C13H23NSi. The van der Waals surface area contributed by atoms with Gasteiger partial charge in [-0.2, -0.15) is 0 Å². The summed E-state index contributed by atoms with van der Waals surface area (Å²) in [6.07, 6.45) is 1.30. The minimum absolute atomic E-state index is 1.23. The van der Waals surface area contributed by atoms with Gasteiger partial charge in [0.1, 0.15) is 0 Å². The number of hydrogen-bond donors (Lipinski definition) is 1. The predicted octanol–water partition coefficient (Wildman–Crippen LogP) is 4.49. The summed E-state index contributed by atoms with van der Waals surface area (Å²) in [6.45, 7) is 6.96. The Labute approximate surface area is 95.0 Å². The second-order valence-corrected chi connectivity index (χ2v) is 8.95. The third kappa shape index (κ3) is 3.38. The van der Waals surface area contributed by atoms with Gasteiger partial charge < -0.3 is 4.98 Å². The number of para-hydroxylation sites is 1. The summed E-state index contributed by atoms with van der Waals surface area (Å²) < 4.78 is 0. The van der Waals surface area contributed by atoms with Gasteiger partial charge in [-0.1, -0.05) is 45.4 Å². The van der Waals surface area contributed by atoms with E-state index in [0.29, 0.717) is 0 Å². The zero-order chi connectivity index (χ0) is 11.1. The summed E-state index contributed by atoms with van der Waals surface area (Å²) in [5.74, 6) is 0. The molecule has 0 saturated carbocycles. The van der Waals surface area contributed by atoms with Crippen LogP contribution in [0, 0.1) is 0 Å². The van der Waals surface area contributed by atoms with E-state index in [9.17, 15) is 0 Å². The molecule has 0 spiro atoms. The molecule has 0 aliphatic rings. The van der Waals surface area contributed by atoms with Crippen molar-refractivity contribution < 1.29 is 0 Å². The fourth-order valence-corrected chi connectivity index (χ4v) is 5.57. The van der Waals surface area contributed by atoms with Gasteiger partial charge in [0.2, 0.25) is 0 Å². The molecule has 0 unspecified atom stereocenters. The van der Waals surface area contributed by atoms with Gasteiger partial charge in [0, 0.05) is 5.69 Å². The van der Waals surface area contributed by atoms with E-state index in [-0.39, 0.29) is 0 Å². The molecule has 0 radical (unpaired) electrons. The van der Waals surface area contributed by atoms with Crippen LogP contribution in [0.15, 0.2) is 30.3 Å². The summed E-state index contributed by atoms with van der Waals surface area (Å²) in [5, 5.41) is 0. The molecule has 1 nitrogen and oxygen atoms in total. The van der Waals surface area contributed by atoms with E-state index in [1.54, 1.807) is 0 Å². The van der Waals surface area contributed by atoms with Gasteiger partial charge in [-0.15, -0.1) is 0 Å². The van der Waals surface area contributed by atoms with Gasteiger partial charge in [0.25, 0.3) is 0 Å². The van der Waals surface area contributed by atoms with Crippen molar-refractivity contribution in [2.24, 2.45) is 0 Å². The van der Waals surface area contributed by atoms with E-state index in [4.69, 9.17) is 0 Å². The zero-order valence-electron chi connectivity index (χ0n) is 10.2. The first-order chi connectivity index (χ1) is 7.26. The first-order valence-electron chi connectivity index (χ1n) is 6.09. The van der Waals surface area contributed by atoms with Crippen molar-refractivity contribution in [3.63, 3.8) is 0 Å². The molecule has 1 aromatic rings. The zero-order valence-corrected chi connectivity index (χ0v) is 11.2. The average molecular weight is 221 g/mol. The normalized spacial score (nSPS) is 11.4. The Kier molecular flexibility index (Phi) is 4.89. The Morgan fingerprint density at radius 1 is 1.00 bits per heavy atom. The van der Waals surface area contributed by atoms with Crippen molar-refractivity contribution >= 4 is 13.9 Å². The number of rotatable bonds is 6. The van der Waals surface area contributed by atoms with Gasteiger partial charge in [-0.05, 0) is 30.3 Å². The molecule has 0 saturated heterocycles. The van der Waals surface area contributed by atoms with Crippen LogP contribution in [0.2, 0.25) is 18.1 Å². The monoisotopic (exact) mass is 221 g/mol. The SMILES string of the molecule is CCC[Si](CC)(CC)Nc1ccccc1. The van der Waals surface area contributed by atoms with Crippen molar-refractivity contribution in [2.45, 2.75) is 45.3 Å². The van der Waals surface area contributed by atoms with Crippen molar-refractivity contribution in [1.82, 2.24) is 0 Å². The van der Waals surface area contributed by atoms with Crippen LogP contribution in [-0.4, -0.2) is 8.24 Å². The lowest BCUT2D eigenvalue weighted by molar-refractivity contribution is 1.01. The molecule has 0 aliphatic heterocycles. The van der Waals surface area contributed by atoms with Crippen molar-refractivity contribution in [3.8, 4) is 0 Å². The van der Waals surface area contributed by atoms with E-state index < -0.39 is 8.24 Å². The largest absolute Gasteiger partial charge is 0.410 e. The molecule has 0 heterocycles. The van der Waals surface area contributed by atoms with Crippen LogP contribution in [-0.2, 0) is 0 Å². The molecule has 0 aromatic heterocycles. The van der Waals surface area contributed by atoms with E-state index in [1.807, 2.05) is 0 Å². The molecule has 0 fully saturated rings. The molecular weight excluding hydrogens is 198 g/mol. The first kappa shape index (κ1) is 12.3. The molecule has 1 aromatic carbocycles. The summed E-state index contributed by atoms with van der Waals surface area (Å²) in [6, 6.07) is 14.7. The molecule has 2 heteroatoms. The summed E-state index contributed by atoms with van der Waals surface area (Å²) in [4.78, 5) is 3.83. The summed E-state index contributed by atoms with van der Waals surface area (Å²) >= 11 is 0. The smallest absolute Gasteiger partial charge is 0.153 e. The summed E-state index contributed by atoms with van der Waals surface area (Å²) in [7, 11) is -1.23. The van der Waals surface area contributed by atoms with Crippen LogP contribution >= 0.6 is 0 Å². The summed E-state index contributed by atoms with van der Waals surface area (Å²) in [5.41, 5.74) is 1.31. The number of anilines is 1. The lowest BCUT2D eigenvalue weighted by Crippen LogP contribution is -2.42. The van der Waals surface area contributed by atoms with Crippen LogP contribution in [0.1, 0.15) is 27.2 Å². The first-order valence-corrected chi connectivity index (χ1v) is 8.71. The second-order valence-electron chi connectivity index (χ2n) is 4.23. The predicted molar refractivity (Wildman–Crippen MR) is 71.9 cm³/mol. The third-order valence-electron chi connectivity index (χ3n) is 3.27. The molecule has 0 atom stereocenters. The fourth-order valence-electron chi connectivity index (χ4n) is 2.15. The standard InChI is InChI=1S/C13H23NSi/c1-4-12-15(5-2,6-3)14-13-10-8-7-9-11-13/h7-11,14H,4-6,12H2,1-3H3. The maximum Gasteiger partial charge on any atom is 0.153 e. The highest BCUT2D eigenvalue weighted by Crippen LogP contribution is 2.24. The topological polar surface area (TPSA) is 12.0 Å². The Morgan fingerprint density at radius 3 is 2.07 bits per heavy atom. The van der Waals surface area contributed by atoms with E-state index in [1.165, 1.54) is 30.2 Å². The Hall–Kier alpha value is -0.763.